The Kier molecular flexibility index (Phi) is 5.29. The predicted molar refractivity (Wildman–Crippen MR) is 115 cm³/mol. The molecule has 0 aromatic heterocycles. The molecule has 0 radical (unpaired) electrons. The van der Waals surface area contributed by atoms with Crippen molar-refractivity contribution in [1.82, 2.24) is 0 Å². The molecular weight excluding hydrogens is 344 g/mol. The van der Waals surface area contributed by atoms with Crippen LogP contribution < -0.4 is 0 Å². The van der Waals surface area contributed by atoms with E-state index in [9.17, 15) is 9.59 Å². The summed E-state index contributed by atoms with van der Waals surface area (Å²) in [5.74, 6) is 0.289. The lowest BCUT2D eigenvalue weighted by Crippen LogP contribution is -2.06. The van der Waals surface area contributed by atoms with Crippen LogP contribution in [0.25, 0.3) is 21.5 Å². The average Bonchev–Trinajstić information content (AvgIpc) is 2.73. The number of hydrogen-bond donors (Lipinski definition) is 0. The van der Waals surface area contributed by atoms with Crippen LogP contribution in [0.4, 0.5) is 0 Å². The first kappa shape index (κ1) is 18.1. The Hall–Kier alpha value is -3.26. The van der Waals surface area contributed by atoms with Gasteiger partial charge < -0.3 is 0 Å². The molecule has 28 heavy (non-hydrogen) atoms. The van der Waals surface area contributed by atoms with Gasteiger partial charge in [-0.3, -0.25) is 9.59 Å². The molecule has 0 N–H and O–H groups in total. The highest BCUT2D eigenvalue weighted by atomic mass is 16.1. The summed E-state index contributed by atoms with van der Waals surface area (Å²) in [6, 6.07) is 27.9. The maximum Gasteiger partial charge on any atom is 0.163 e. The molecule has 0 aliphatic carbocycles. The molecule has 0 amide bonds. The monoisotopic (exact) mass is 366 g/mol. The second-order valence-electron chi connectivity index (χ2n) is 7.16. The van der Waals surface area contributed by atoms with Gasteiger partial charge in [-0.2, -0.15) is 0 Å². The molecule has 0 atom stereocenters. The number of carbonyl (C=O) groups is 2. The molecular formula is C26H22O2. The van der Waals surface area contributed by atoms with Gasteiger partial charge in [0.1, 0.15) is 5.78 Å². The number of fused-ring (bicyclic) bond motifs is 2. The Morgan fingerprint density at radius 3 is 2.00 bits per heavy atom. The predicted octanol–water partition coefficient (Wildman–Crippen LogP) is 6.16. The Morgan fingerprint density at radius 2 is 1.21 bits per heavy atom. The van der Waals surface area contributed by atoms with E-state index in [4.69, 9.17) is 0 Å². The highest BCUT2D eigenvalue weighted by Crippen LogP contribution is 2.22. The topological polar surface area (TPSA) is 34.1 Å². The number of benzene rings is 4. The third kappa shape index (κ3) is 3.86. The van der Waals surface area contributed by atoms with Crippen LogP contribution in [0, 0.1) is 0 Å². The first-order valence-electron chi connectivity index (χ1n) is 9.72. The van der Waals surface area contributed by atoms with Crippen LogP contribution in [-0.2, 0) is 11.2 Å². The molecule has 2 nitrogen and oxygen atoms in total. The third-order valence-electron chi connectivity index (χ3n) is 5.22. The van der Waals surface area contributed by atoms with Crippen LogP contribution in [0.3, 0.4) is 0 Å². The van der Waals surface area contributed by atoms with Crippen molar-refractivity contribution in [1.29, 1.82) is 0 Å². The van der Waals surface area contributed by atoms with Gasteiger partial charge >= 0.3 is 0 Å². The molecule has 4 aromatic carbocycles. The summed E-state index contributed by atoms with van der Waals surface area (Å²) in [5, 5.41) is 4.33. The minimum atomic E-state index is 0.106. The first-order chi connectivity index (χ1) is 13.7. The number of ketones is 2. The number of Topliss-reactive ketones (excluding diaryl/α,β-unsaturated/α-hetero) is 2. The van der Waals surface area contributed by atoms with Gasteiger partial charge in [0, 0.05) is 24.8 Å². The lowest BCUT2D eigenvalue weighted by Gasteiger charge is -2.07. The number of hydrogen-bond acceptors (Lipinski definition) is 2. The highest BCUT2D eigenvalue weighted by molar-refractivity contribution is 6.08. The Balaban J connectivity index is 1.38. The summed E-state index contributed by atoms with van der Waals surface area (Å²) >= 11 is 0. The minimum absolute atomic E-state index is 0.106. The van der Waals surface area contributed by atoms with E-state index >= 15 is 0 Å². The van der Waals surface area contributed by atoms with Crippen LogP contribution >= 0.6 is 0 Å². The molecule has 0 unspecified atom stereocenters. The van der Waals surface area contributed by atoms with Crippen molar-refractivity contribution < 1.29 is 9.59 Å². The Labute approximate surface area is 164 Å². The highest BCUT2D eigenvalue weighted by Gasteiger charge is 2.12. The zero-order valence-corrected chi connectivity index (χ0v) is 15.7. The molecule has 0 saturated carbocycles. The van der Waals surface area contributed by atoms with Gasteiger partial charge in [0.05, 0.1) is 0 Å². The van der Waals surface area contributed by atoms with E-state index in [0.717, 1.165) is 32.7 Å². The van der Waals surface area contributed by atoms with Crippen LogP contribution in [0.2, 0.25) is 0 Å². The fraction of sp³-hybridized carbons (Fsp3) is 0.154. The van der Waals surface area contributed by atoms with Gasteiger partial charge in [0.15, 0.2) is 5.78 Å². The van der Waals surface area contributed by atoms with Crippen molar-refractivity contribution >= 4 is 33.1 Å². The van der Waals surface area contributed by atoms with Crippen LogP contribution in [0.5, 0.6) is 0 Å². The number of carbonyl (C=O) groups excluding carboxylic acids is 2. The maximum atomic E-state index is 12.7. The summed E-state index contributed by atoms with van der Waals surface area (Å²) in [4.78, 5) is 25.1. The van der Waals surface area contributed by atoms with Crippen molar-refractivity contribution in [3.05, 3.63) is 96.1 Å². The molecule has 0 bridgehead atoms. The van der Waals surface area contributed by atoms with E-state index in [2.05, 4.69) is 18.2 Å². The van der Waals surface area contributed by atoms with E-state index in [1.807, 2.05) is 66.7 Å². The molecule has 0 spiro atoms. The van der Waals surface area contributed by atoms with Gasteiger partial charge in [-0.1, -0.05) is 84.9 Å². The fourth-order valence-corrected chi connectivity index (χ4v) is 3.80. The molecule has 0 aliphatic rings. The third-order valence-corrected chi connectivity index (χ3v) is 5.22. The summed E-state index contributed by atoms with van der Waals surface area (Å²) in [7, 11) is 0. The Bertz CT molecular complexity index is 1150. The van der Waals surface area contributed by atoms with Gasteiger partial charge in [-0.15, -0.1) is 0 Å². The minimum Gasteiger partial charge on any atom is -0.299 e. The molecule has 0 aliphatic heterocycles. The van der Waals surface area contributed by atoms with Crippen molar-refractivity contribution in [2.45, 2.75) is 25.7 Å². The summed E-state index contributed by atoms with van der Waals surface area (Å²) in [6.45, 7) is 0. The molecule has 4 rings (SSSR count). The SMILES string of the molecule is O=C(CCCC(=O)c1cccc2ccccc12)Cc1cccc2ccccc12. The van der Waals surface area contributed by atoms with Gasteiger partial charge in [-0.05, 0) is 33.5 Å². The van der Waals surface area contributed by atoms with E-state index in [1.54, 1.807) is 0 Å². The summed E-state index contributed by atoms with van der Waals surface area (Å²) in [5.41, 5.74) is 1.81. The second-order valence-corrected chi connectivity index (χ2v) is 7.16. The fourth-order valence-electron chi connectivity index (χ4n) is 3.80. The molecule has 0 saturated heterocycles. The standard InChI is InChI=1S/C26H22O2/c27-22(18-21-12-5-10-19-8-1-3-14-23(19)21)13-7-17-26(28)25-16-6-11-20-9-2-4-15-24(20)25/h1-6,8-12,14-16H,7,13,17-18H2. The molecule has 4 aromatic rings. The van der Waals surface area contributed by atoms with E-state index < -0.39 is 0 Å². The van der Waals surface area contributed by atoms with E-state index in [1.165, 1.54) is 0 Å². The largest absolute Gasteiger partial charge is 0.299 e. The smallest absolute Gasteiger partial charge is 0.163 e. The van der Waals surface area contributed by atoms with Gasteiger partial charge in [0.25, 0.3) is 0 Å². The quantitative estimate of drug-likeness (QED) is 0.367. The molecule has 0 heterocycles. The molecule has 0 fully saturated rings. The first-order valence-corrected chi connectivity index (χ1v) is 9.72. The average molecular weight is 366 g/mol. The zero-order valence-electron chi connectivity index (χ0n) is 15.7. The number of rotatable bonds is 7. The van der Waals surface area contributed by atoms with E-state index in [-0.39, 0.29) is 11.6 Å². The van der Waals surface area contributed by atoms with Gasteiger partial charge in [0.2, 0.25) is 0 Å². The maximum absolute atomic E-state index is 12.7. The lowest BCUT2D eigenvalue weighted by atomic mass is 9.96. The summed E-state index contributed by atoms with van der Waals surface area (Å²) < 4.78 is 0. The zero-order chi connectivity index (χ0) is 19.3. The molecule has 2 heteroatoms. The van der Waals surface area contributed by atoms with Crippen LogP contribution in [-0.4, -0.2) is 11.6 Å². The Morgan fingerprint density at radius 1 is 0.607 bits per heavy atom. The normalized spacial score (nSPS) is 11.0. The lowest BCUT2D eigenvalue weighted by molar-refractivity contribution is -0.118. The summed E-state index contributed by atoms with van der Waals surface area (Å²) in [6.07, 6.45) is 1.84. The van der Waals surface area contributed by atoms with Crippen molar-refractivity contribution in [2.75, 3.05) is 0 Å². The second kappa shape index (κ2) is 8.18. The van der Waals surface area contributed by atoms with Crippen molar-refractivity contribution in [3.63, 3.8) is 0 Å². The van der Waals surface area contributed by atoms with E-state index in [0.29, 0.717) is 25.7 Å². The van der Waals surface area contributed by atoms with Gasteiger partial charge in [-0.25, -0.2) is 0 Å². The van der Waals surface area contributed by atoms with Crippen molar-refractivity contribution in [3.8, 4) is 0 Å². The van der Waals surface area contributed by atoms with Crippen LogP contribution in [0.15, 0.2) is 84.9 Å². The van der Waals surface area contributed by atoms with Crippen LogP contribution in [0.1, 0.15) is 35.2 Å². The molecule has 138 valence electrons. The van der Waals surface area contributed by atoms with Crippen molar-refractivity contribution in [2.24, 2.45) is 0 Å².